The molecule has 1 aromatic carbocycles. The average molecular weight is 281 g/mol. The number of Topliss-reactive ketones (excluding diaryl/α,β-unsaturated/α-hetero) is 1. The second kappa shape index (κ2) is 5.18. The van der Waals surface area contributed by atoms with Gasteiger partial charge in [0.2, 0.25) is 0 Å². The molecule has 1 aliphatic rings. The Hall–Kier alpha value is -1.83. The summed E-state index contributed by atoms with van der Waals surface area (Å²) in [7, 11) is 0. The molecule has 110 valence electrons. The Balaban J connectivity index is 1.79. The van der Waals surface area contributed by atoms with E-state index in [1.165, 1.54) is 16.7 Å². The summed E-state index contributed by atoms with van der Waals surface area (Å²) >= 11 is 0. The Morgan fingerprint density at radius 1 is 1.05 bits per heavy atom. The fourth-order valence-corrected chi connectivity index (χ4v) is 2.99. The number of hydrogen-bond donors (Lipinski definition) is 0. The van der Waals surface area contributed by atoms with E-state index >= 15 is 0 Å². The largest absolute Gasteiger partial charge is 0.349 e. The lowest BCUT2D eigenvalue weighted by atomic mass is 9.87. The molecule has 0 amide bonds. The van der Waals surface area contributed by atoms with Gasteiger partial charge in [-0.2, -0.15) is 0 Å². The van der Waals surface area contributed by atoms with Gasteiger partial charge in [-0.15, -0.1) is 0 Å². The molecule has 0 bridgehead atoms. The van der Waals surface area contributed by atoms with Crippen LogP contribution in [0, 0.1) is 0 Å². The highest BCUT2D eigenvalue weighted by Gasteiger charge is 2.19. The Labute approximate surface area is 126 Å². The summed E-state index contributed by atoms with van der Waals surface area (Å²) in [5, 5.41) is 0. The quantitative estimate of drug-likeness (QED) is 0.802. The number of aryl methyl sites for hydroxylation is 1. The van der Waals surface area contributed by atoms with Gasteiger partial charge in [0.25, 0.3) is 0 Å². The van der Waals surface area contributed by atoms with E-state index < -0.39 is 0 Å². The molecule has 0 saturated carbocycles. The topological polar surface area (TPSA) is 22.0 Å². The molecule has 1 aliphatic carbocycles. The maximum atomic E-state index is 11.9. The molecule has 2 heteroatoms. The summed E-state index contributed by atoms with van der Waals surface area (Å²) in [5.74, 6) is 0.304. The van der Waals surface area contributed by atoms with Gasteiger partial charge in [-0.25, -0.2) is 0 Å². The number of benzene rings is 1. The number of ketones is 1. The van der Waals surface area contributed by atoms with Gasteiger partial charge >= 0.3 is 0 Å². The predicted octanol–water partition coefficient (Wildman–Crippen LogP) is 4.35. The number of carbonyl (C=O) groups excluding carboxylic acids is 1. The van der Waals surface area contributed by atoms with E-state index in [0.29, 0.717) is 12.2 Å². The molecular formula is C19H23NO. The lowest BCUT2D eigenvalue weighted by Gasteiger charge is -2.19. The summed E-state index contributed by atoms with van der Waals surface area (Å²) in [6.07, 6.45) is 6.91. The summed E-state index contributed by atoms with van der Waals surface area (Å²) < 4.78 is 2.15. The molecule has 0 radical (unpaired) electrons. The number of hydrogen-bond acceptors (Lipinski definition) is 1. The summed E-state index contributed by atoms with van der Waals surface area (Å²) in [6, 6.07) is 8.82. The minimum atomic E-state index is 0.192. The molecule has 0 unspecified atom stereocenters. The first-order valence-corrected chi connectivity index (χ1v) is 7.75. The highest BCUT2D eigenvalue weighted by Crippen LogP contribution is 2.24. The van der Waals surface area contributed by atoms with Crippen molar-refractivity contribution >= 4 is 5.78 Å². The van der Waals surface area contributed by atoms with Crippen molar-refractivity contribution in [3.63, 3.8) is 0 Å². The van der Waals surface area contributed by atoms with Crippen LogP contribution in [0.25, 0.3) is 0 Å². The fourth-order valence-electron chi connectivity index (χ4n) is 2.99. The highest BCUT2D eigenvalue weighted by atomic mass is 16.1. The van der Waals surface area contributed by atoms with Gasteiger partial charge in [0.15, 0.2) is 5.78 Å². The van der Waals surface area contributed by atoms with Crippen LogP contribution in [0.1, 0.15) is 60.7 Å². The summed E-state index contributed by atoms with van der Waals surface area (Å²) in [4.78, 5) is 11.9. The van der Waals surface area contributed by atoms with Gasteiger partial charge in [-0.05, 0) is 34.9 Å². The van der Waals surface area contributed by atoms with Crippen LogP contribution < -0.4 is 0 Å². The first-order chi connectivity index (χ1) is 9.93. The molecule has 0 aliphatic heterocycles. The van der Waals surface area contributed by atoms with Crippen molar-refractivity contribution in [3.05, 3.63) is 58.9 Å². The molecule has 0 spiro atoms. The third-order valence-corrected chi connectivity index (χ3v) is 4.30. The van der Waals surface area contributed by atoms with Gasteiger partial charge in [-0.3, -0.25) is 4.79 Å². The van der Waals surface area contributed by atoms with Crippen molar-refractivity contribution in [2.24, 2.45) is 0 Å². The first kappa shape index (κ1) is 14.1. The monoisotopic (exact) mass is 281 g/mol. The Morgan fingerprint density at radius 3 is 2.38 bits per heavy atom. The van der Waals surface area contributed by atoms with E-state index in [4.69, 9.17) is 0 Å². The molecule has 1 aromatic heterocycles. The maximum Gasteiger partial charge on any atom is 0.164 e. The van der Waals surface area contributed by atoms with Crippen LogP contribution in [0.3, 0.4) is 0 Å². The van der Waals surface area contributed by atoms with E-state index in [2.05, 4.69) is 55.8 Å². The van der Waals surface area contributed by atoms with Gasteiger partial charge in [0.1, 0.15) is 0 Å². The van der Waals surface area contributed by atoms with Crippen LogP contribution in [0.2, 0.25) is 0 Å². The number of fused-ring (bicyclic) bond motifs is 1. The van der Waals surface area contributed by atoms with E-state index in [-0.39, 0.29) is 5.41 Å². The summed E-state index contributed by atoms with van der Waals surface area (Å²) in [5.41, 5.74) is 4.98. The van der Waals surface area contributed by atoms with Gasteiger partial charge < -0.3 is 4.57 Å². The third-order valence-electron chi connectivity index (χ3n) is 4.30. The van der Waals surface area contributed by atoms with Crippen LogP contribution in [-0.4, -0.2) is 10.4 Å². The van der Waals surface area contributed by atoms with Gasteiger partial charge in [0.05, 0.1) is 0 Å². The summed E-state index contributed by atoms with van der Waals surface area (Å²) in [6.45, 7) is 7.53. The molecule has 0 N–H and O–H groups in total. The zero-order chi connectivity index (χ0) is 15.0. The number of rotatable bonds is 2. The smallest absolute Gasteiger partial charge is 0.164 e. The number of aromatic nitrogens is 1. The SMILES string of the molecule is CC(C)(C)c1ccc(Cn2cc3c(c2)C(=O)CCC3)cc1. The lowest BCUT2D eigenvalue weighted by Crippen LogP contribution is -2.10. The highest BCUT2D eigenvalue weighted by molar-refractivity contribution is 5.98. The van der Waals surface area contributed by atoms with E-state index in [9.17, 15) is 4.79 Å². The molecular weight excluding hydrogens is 258 g/mol. The van der Waals surface area contributed by atoms with E-state index in [1.807, 2.05) is 6.20 Å². The standard InChI is InChI=1S/C19H23NO/c1-19(2,3)16-9-7-14(8-10-16)11-20-12-15-5-4-6-18(21)17(15)13-20/h7-10,12-13H,4-6,11H2,1-3H3. The van der Waals surface area contributed by atoms with Crippen LogP contribution in [0.5, 0.6) is 0 Å². The zero-order valence-electron chi connectivity index (χ0n) is 13.1. The molecule has 0 atom stereocenters. The minimum absolute atomic E-state index is 0.192. The fraction of sp³-hybridized carbons (Fsp3) is 0.421. The van der Waals surface area contributed by atoms with E-state index in [0.717, 1.165) is 24.9 Å². The maximum absolute atomic E-state index is 11.9. The predicted molar refractivity (Wildman–Crippen MR) is 85.9 cm³/mol. The van der Waals surface area contributed by atoms with Crippen LogP contribution >= 0.6 is 0 Å². The molecule has 1 heterocycles. The van der Waals surface area contributed by atoms with Crippen LogP contribution in [0.4, 0.5) is 0 Å². The zero-order valence-corrected chi connectivity index (χ0v) is 13.1. The van der Waals surface area contributed by atoms with Crippen molar-refractivity contribution in [2.45, 2.75) is 52.0 Å². The second-order valence-corrected chi connectivity index (χ2v) is 7.09. The normalized spacial score (nSPS) is 15.1. The molecule has 2 aromatic rings. The molecule has 2 nitrogen and oxygen atoms in total. The van der Waals surface area contributed by atoms with Gasteiger partial charge in [0, 0.05) is 30.9 Å². The Bertz CT molecular complexity index is 656. The first-order valence-electron chi connectivity index (χ1n) is 7.75. The number of nitrogens with zero attached hydrogens (tertiary/aromatic N) is 1. The van der Waals surface area contributed by atoms with Crippen LogP contribution in [-0.2, 0) is 18.4 Å². The van der Waals surface area contributed by atoms with Crippen LogP contribution in [0.15, 0.2) is 36.7 Å². The van der Waals surface area contributed by atoms with Crippen molar-refractivity contribution in [3.8, 4) is 0 Å². The van der Waals surface area contributed by atoms with Crippen molar-refractivity contribution in [1.82, 2.24) is 4.57 Å². The van der Waals surface area contributed by atoms with Crippen molar-refractivity contribution in [2.75, 3.05) is 0 Å². The lowest BCUT2D eigenvalue weighted by molar-refractivity contribution is 0.0973. The Morgan fingerprint density at radius 2 is 1.76 bits per heavy atom. The Kier molecular flexibility index (Phi) is 3.48. The molecule has 0 fully saturated rings. The molecule has 0 saturated heterocycles. The third kappa shape index (κ3) is 2.94. The van der Waals surface area contributed by atoms with Gasteiger partial charge in [-0.1, -0.05) is 45.0 Å². The second-order valence-electron chi connectivity index (χ2n) is 7.09. The minimum Gasteiger partial charge on any atom is -0.349 e. The molecule has 21 heavy (non-hydrogen) atoms. The molecule has 3 rings (SSSR count). The van der Waals surface area contributed by atoms with Crippen molar-refractivity contribution < 1.29 is 4.79 Å². The van der Waals surface area contributed by atoms with Crippen molar-refractivity contribution in [1.29, 1.82) is 0 Å². The average Bonchev–Trinajstić information content (AvgIpc) is 2.82. The van der Waals surface area contributed by atoms with E-state index in [1.54, 1.807) is 0 Å². The number of carbonyl (C=O) groups is 1.